The van der Waals surface area contributed by atoms with Crippen molar-refractivity contribution in [2.75, 3.05) is 25.6 Å². The van der Waals surface area contributed by atoms with Gasteiger partial charge in [-0.05, 0) is 5.41 Å². The van der Waals surface area contributed by atoms with Gasteiger partial charge in [0.05, 0.1) is 18.1 Å². The minimum atomic E-state index is -0.734. The fourth-order valence-electron chi connectivity index (χ4n) is 1.94. The monoisotopic (exact) mass is 270 g/mol. The average molecular weight is 270 g/mol. The number of nitro benzene ring substituents is 1. The van der Waals surface area contributed by atoms with Gasteiger partial charge < -0.3 is 9.64 Å². The third-order valence-corrected chi connectivity index (χ3v) is 2.57. The van der Waals surface area contributed by atoms with Crippen molar-refractivity contribution in [3.63, 3.8) is 0 Å². The lowest BCUT2D eigenvalue weighted by molar-refractivity contribution is -0.384. The lowest BCUT2D eigenvalue weighted by Gasteiger charge is -2.28. The number of benzene rings is 1. The minimum Gasteiger partial charge on any atom is -0.494 e. The maximum atomic E-state index is 13.5. The van der Waals surface area contributed by atoms with Crippen LogP contribution < -0.4 is 9.64 Å². The molecule has 0 radical (unpaired) electrons. The summed E-state index contributed by atoms with van der Waals surface area (Å²) in [7, 11) is 3.07. The number of nitrogens with zero attached hydrogens (tertiary/aromatic N) is 2. The largest absolute Gasteiger partial charge is 0.494 e. The molecule has 19 heavy (non-hydrogen) atoms. The SMILES string of the molecule is COc1cc(N(C)CC(C)(C)C)c([N+](=O)[O-])cc1F. The first-order valence-corrected chi connectivity index (χ1v) is 5.89. The summed E-state index contributed by atoms with van der Waals surface area (Å²) in [5.74, 6) is -0.733. The molecule has 1 rings (SSSR count). The molecule has 6 heteroatoms. The summed E-state index contributed by atoms with van der Waals surface area (Å²) in [6.45, 7) is 6.67. The van der Waals surface area contributed by atoms with Crippen molar-refractivity contribution in [3.05, 3.63) is 28.1 Å². The van der Waals surface area contributed by atoms with Gasteiger partial charge >= 0.3 is 0 Å². The predicted octanol–water partition coefficient (Wildman–Crippen LogP) is 3.22. The zero-order valence-electron chi connectivity index (χ0n) is 11.9. The van der Waals surface area contributed by atoms with Crippen molar-refractivity contribution in [2.45, 2.75) is 20.8 Å². The van der Waals surface area contributed by atoms with Crippen LogP contribution in [0.2, 0.25) is 0 Å². The van der Waals surface area contributed by atoms with Crippen LogP contribution in [0.1, 0.15) is 20.8 Å². The molecule has 0 bridgehead atoms. The molecular formula is C13H19FN2O3. The van der Waals surface area contributed by atoms with E-state index in [9.17, 15) is 14.5 Å². The third kappa shape index (κ3) is 3.81. The minimum absolute atomic E-state index is 0.00126. The molecule has 0 aliphatic heterocycles. The second-order valence-corrected chi connectivity index (χ2v) is 5.65. The molecule has 0 amide bonds. The number of nitro groups is 1. The Kier molecular flexibility index (Phi) is 4.34. The van der Waals surface area contributed by atoms with E-state index in [2.05, 4.69) is 0 Å². The van der Waals surface area contributed by atoms with Gasteiger partial charge in [-0.25, -0.2) is 4.39 Å². The topological polar surface area (TPSA) is 55.6 Å². The van der Waals surface area contributed by atoms with Crippen LogP contribution in [0.15, 0.2) is 12.1 Å². The first kappa shape index (κ1) is 15.2. The third-order valence-electron chi connectivity index (χ3n) is 2.57. The number of hydrogen-bond acceptors (Lipinski definition) is 4. The van der Waals surface area contributed by atoms with Crippen LogP contribution in [0.4, 0.5) is 15.8 Å². The van der Waals surface area contributed by atoms with Gasteiger partial charge in [-0.1, -0.05) is 20.8 Å². The van der Waals surface area contributed by atoms with E-state index < -0.39 is 10.7 Å². The summed E-state index contributed by atoms with van der Waals surface area (Å²) in [5.41, 5.74) is 0.0489. The highest BCUT2D eigenvalue weighted by Crippen LogP contribution is 2.35. The van der Waals surface area contributed by atoms with Gasteiger partial charge in [0.1, 0.15) is 5.69 Å². The molecule has 1 aromatic rings. The van der Waals surface area contributed by atoms with Crippen LogP contribution in [0.5, 0.6) is 5.75 Å². The van der Waals surface area contributed by atoms with Crippen molar-refractivity contribution in [1.29, 1.82) is 0 Å². The van der Waals surface area contributed by atoms with Crippen LogP contribution >= 0.6 is 0 Å². The normalized spacial score (nSPS) is 11.3. The number of hydrogen-bond donors (Lipinski definition) is 0. The van der Waals surface area contributed by atoms with E-state index >= 15 is 0 Å². The Labute approximate surface area is 112 Å². The first-order chi connectivity index (χ1) is 8.65. The second kappa shape index (κ2) is 5.42. The summed E-state index contributed by atoms with van der Waals surface area (Å²) >= 11 is 0. The molecule has 0 fully saturated rings. The molecule has 0 atom stereocenters. The number of rotatable bonds is 4. The number of methoxy groups -OCH3 is 1. The highest BCUT2D eigenvalue weighted by Gasteiger charge is 2.24. The number of anilines is 1. The Morgan fingerprint density at radius 1 is 1.42 bits per heavy atom. The van der Waals surface area contributed by atoms with Crippen molar-refractivity contribution >= 4 is 11.4 Å². The standard InChI is InChI=1S/C13H19FN2O3/c1-13(2,3)8-15(4)10-7-12(19-5)9(14)6-11(10)16(17)18/h6-7H,8H2,1-5H3. The van der Waals surface area contributed by atoms with Gasteiger partial charge in [-0.2, -0.15) is 0 Å². The second-order valence-electron chi connectivity index (χ2n) is 5.65. The number of ether oxygens (including phenoxy) is 1. The summed E-state index contributed by atoms with van der Waals surface area (Å²) in [6.07, 6.45) is 0. The summed E-state index contributed by atoms with van der Waals surface area (Å²) in [5, 5.41) is 11.0. The molecule has 1 aromatic carbocycles. The average Bonchev–Trinajstić information content (AvgIpc) is 2.25. The Morgan fingerprint density at radius 3 is 2.42 bits per heavy atom. The molecule has 0 saturated heterocycles. The van der Waals surface area contributed by atoms with Gasteiger partial charge in [0.25, 0.3) is 5.69 Å². The molecule has 0 N–H and O–H groups in total. The maximum absolute atomic E-state index is 13.5. The van der Waals surface area contributed by atoms with E-state index in [1.807, 2.05) is 20.8 Å². The smallest absolute Gasteiger partial charge is 0.295 e. The molecule has 0 saturated carbocycles. The Balaban J connectivity index is 3.27. The van der Waals surface area contributed by atoms with Crippen molar-refractivity contribution in [1.82, 2.24) is 0 Å². The van der Waals surface area contributed by atoms with Gasteiger partial charge in [-0.3, -0.25) is 10.1 Å². The molecule has 5 nitrogen and oxygen atoms in total. The highest BCUT2D eigenvalue weighted by molar-refractivity contribution is 5.66. The van der Waals surface area contributed by atoms with Crippen LogP contribution in [-0.4, -0.2) is 25.6 Å². The van der Waals surface area contributed by atoms with E-state index in [1.165, 1.54) is 13.2 Å². The van der Waals surface area contributed by atoms with E-state index in [0.717, 1.165) is 6.07 Å². The van der Waals surface area contributed by atoms with E-state index in [-0.39, 0.29) is 16.9 Å². The summed E-state index contributed by atoms with van der Waals surface area (Å²) in [6, 6.07) is 2.26. The number of halogens is 1. The van der Waals surface area contributed by atoms with Gasteiger partial charge in [0.2, 0.25) is 0 Å². The van der Waals surface area contributed by atoms with Crippen molar-refractivity contribution in [2.24, 2.45) is 5.41 Å². The fourth-order valence-corrected chi connectivity index (χ4v) is 1.94. The van der Waals surface area contributed by atoms with Crippen molar-refractivity contribution in [3.8, 4) is 5.75 Å². The fraction of sp³-hybridized carbons (Fsp3) is 0.538. The van der Waals surface area contributed by atoms with E-state index in [1.54, 1.807) is 11.9 Å². The lowest BCUT2D eigenvalue weighted by Crippen LogP contribution is -2.29. The summed E-state index contributed by atoms with van der Waals surface area (Å²) < 4.78 is 18.4. The molecule has 0 aromatic heterocycles. The molecule has 106 valence electrons. The molecular weight excluding hydrogens is 251 g/mol. The lowest BCUT2D eigenvalue weighted by atomic mass is 9.96. The molecule has 0 aliphatic rings. The highest BCUT2D eigenvalue weighted by atomic mass is 19.1. The van der Waals surface area contributed by atoms with Crippen LogP contribution in [-0.2, 0) is 0 Å². The van der Waals surface area contributed by atoms with Crippen LogP contribution in [0.3, 0.4) is 0 Å². The zero-order chi connectivity index (χ0) is 14.8. The molecule has 0 unspecified atom stereocenters. The van der Waals surface area contributed by atoms with Crippen LogP contribution in [0.25, 0.3) is 0 Å². The van der Waals surface area contributed by atoms with Gasteiger partial charge in [0.15, 0.2) is 11.6 Å². The van der Waals surface area contributed by atoms with Crippen LogP contribution in [0, 0.1) is 21.3 Å². The quantitative estimate of drug-likeness (QED) is 0.622. The summed E-state index contributed by atoms with van der Waals surface area (Å²) in [4.78, 5) is 12.2. The maximum Gasteiger partial charge on any atom is 0.295 e. The molecule has 0 aliphatic carbocycles. The van der Waals surface area contributed by atoms with E-state index in [0.29, 0.717) is 12.2 Å². The van der Waals surface area contributed by atoms with Gasteiger partial charge in [-0.15, -0.1) is 0 Å². The predicted molar refractivity (Wildman–Crippen MR) is 72.3 cm³/mol. The first-order valence-electron chi connectivity index (χ1n) is 5.89. The van der Waals surface area contributed by atoms with Gasteiger partial charge in [0, 0.05) is 19.7 Å². The Morgan fingerprint density at radius 2 is 2.00 bits per heavy atom. The van der Waals surface area contributed by atoms with E-state index in [4.69, 9.17) is 4.74 Å². The zero-order valence-corrected chi connectivity index (χ0v) is 11.9. The molecule has 0 spiro atoms. The molecule has 0 heterocycles. The Bertz CT molecular complexity index is 484. The Hall–Kier alpha value is -1.85. The van der Waals surface area contributed by atoms with Crippen molar-refractivity contribution < 1.29 is 14.1 Å².